The molecule has 0 unspecified atom stereocenters. The van der Waals surface area contributed by atoms with Gasteiger partial charge in [0.05, 0.1) is 35.6 Å². The molecular weight excluding hydrogens is 346 g/mol. The largest absolute Gasteiger partial charge is 0.494 e. The van der Waals surface area contributed by atoms with Crippen molar-refractivity contribution in [3.63, 3.8) is 0 Å². The van der Waals surface area contributed by atoms with E-state index in [1.165, 1.54) is 18.2 Å². The van der Waals surface area contributed by atoms with Gasteiger partial charge in [-0.1, -0.05) is 13.3 Å². The summed E-state index contributed by atoms with van der Waals surface area (Å²) in [4.78, 5) is 38.7. The molecule has 3 rings (SSSR count). The first-order valence-electron chi connectivity index (χ1n) is 8.99. The van der Waals surface area contributed by atoms with E-state index in [0.29, 0.717) is 24.7 Å². The molecule has 6 heteroatoms. The molecule has 2 amide bonds. The number of hydrogen-bond donors (Lipinski definition) is 0. The number of hydrogen-bond acceptors (Lipinski definition) is 5. The molecule has 0 saturated heterocycles. The highest BCUT2D eigenvalue weighted by atomic mass is 16.5. The quantitative estimate of drug-likeness (QED) is 0.422. The van der Waals surface area contributed by atoms with E-state index in [9.17, 15) is 14.4 Å². The highest BCUT2D eigenvalue weighted by Gasteiger charge is 2.37. The summed E-state index contributed by atoms with van der Waals surface area (Å²) in [5, 5.41) is 0. The smallest absolute Gasteiger partial charge is 0.338 e. The van der Waals surface area contributed by atoms with Crippen LogP contribution in [-0.2, 0) is 4.74 Å². The van der Waals surface area contributed by atoms with Crippen molar-refractivity contribution < 1.29 is 23.9 Å². The van der Waals surface area contributed by atoms with Crippen LogP contribution in [0.1, 0.15) is 57.8 Å². The lowest BCUT2D eigenvalue weighted by Gasteiger charge is -2.14. The molecule has 0 N–H and O–H groups in total. The van der Waals surface area contributed by atoms with E-state index < -0.39 is 17.8 Å². The molecule has 2 aromatic carbocycles. The van der Waals surface area contributed by atoms with Gasteiger partial charge in [-0.2, -0.15) is 0 Å². The van der Waals surface area contributed by atoms with Crippen LogP contribution < -0.4 is 9.64 Å². The molecule has 0 aliphatic carbocycles. The van der Waals surface area contributed by atoms with Gasteiger partial charge in [-0.05, 0) is 55.8 Å². The van der Waals surface area contributed by atoms with Crippen LogP contribution >= 0.6 is 0 Å². The topological polar surface area (TPSA) is 72.9 Å². The van der Waals surface area contributed by atoms with Crippen LogP contribution in [0.4, 0.5) is 5.69 Å². The van der Waals surface area contributed by atoms with Gasteiger partial charge in [0, 0.05) is 0 Å². The molecule has 0 fully saturated rings. The molecule has 0 spiro atoms. The van der Waals surface area contributed by atoms with Crippen molar-refractivity contribution in [2.24, 2.45) is 0 Å². The van der Waals surface area contributed by atoms with Gasteiger partial charge >= 0.3 is 5.97 Å². The van der Waals surface area contributed by atoms with Gasteiger partial charge in [-0.15, -0.1) is 0 Å². The zero-order valence-electron chi connectivity index (χ0n) is 15.4. The van der Waals surface area contributed by atoms with Gasteiger partial charge < -0.3 is 9.47 Å². The molecule has 0 atom stereocenters. The van der Waals surface area contributed by atoms with E-state index in [4.69, 9.17) is 9.47 Å². The van der Waals surface area contributed by atoms with Crippen LogP contribution in [0.2, 0.25) is 0 Å². The molecule has 1 heterocycles. The molecule has 27 heavy (non-hydrogen) atoms. The number of nitrogens with zero attached hydrogens (tertiary/aromatic N) is 1. The van der Waals surface area contributed by atoms with E-state index >= 15 is 0 Å². The molecule has 2 aromatic rings. The molecule has 0 bridgehead atoms. The summed E-state index contributed by atoms with van der Waals surface area (Å²) >= 11 is 0. The van der Waals surface area contributed by atoms with Crippen LogP contribution in [0.3, 0.4) is 0 Å². The number of ether oxygens (including phenoxy) is 2. The average molecular weight is 367 g/mol. The first-order chi connectivity index (χ1) is 13.1. The fourth-order valence-electron chi connectivity index (χ4n) is 2.85. The molecule has 6 nitrogen and oxygen atoms in total. The van der Waals surface area contributed by atoms with Crippen molar-refractivity contribution in [1.29, 1.82) is 0 Å². The maximum atomic E-state index is 12.8. The molecule has 1 aliphatic rings. The Bertz CT molecular complexity index is 873. The Morgan fingerprint density at radius 2 is 1.67 bits per heavy atom. The first kappa shape index (κ1) is 18.6. The minimum absolute atomic E-state index is 0.207. The second kappa shape index (κ2) is 8.03. The van der Waals surface area contributed by atoms with Crippen LogP contribution in [-0.4, -0.2) is 31.0 Å². The Kier molecular flexibility index (Phi) is 5.54. The third-order valence-electron chi connectivity index (χ3n) is 4.26. The zero-order valence-corrected chi connectivity index (χ0v) is 15.4. The van der Waals surface area contributed by atoms with E-state index in [1.807, 2.05) is 13.8 Å². The van der Waals surface area contributed by atoms with Gasteiger partial charge in [-0.3, -0.25) is 9.59 Å². The number of esters is 1. The highest BCUT2D eigenvalue weighted by molar-refractivity contribution is 6.34. The number of carbonyl (C=O) groups is 3. The number of anilines is 1. The second-order valence-electron chi connectivity index (χ2n) is 6.12. The van der Waals surface area contributed by atoms with Gasteiger partial charge in [0.15, 0.2) is 0 Å². The Morgan fingerprint density at radius 3 is 2.33 bits per heavy atom. The molecular formula is C21H21NO5. The molecule has 0 saturated carbocycles. The summed E-state index contributed by atoms with van der Waals surface area (Å²) in [5.74, 6) is -0.701. The third-order valence-corrected chi connectivity index (χ3v) is 4.26. The van der Waals surface area contributed by atoms with Crippen molar-refractivity contribution in [2.75, 3.05) is 18.1 Å². The third kappa shape index (κ3) is 3.69. The van der Waals surface area contributed by atoms with Crippen LogP contribution in [0.15, 0.2) is 42.5 Å². The van der Waals surface area contributed by atoms with Crippen LogP contribution in [0.5, 0.6) is 5.75 Å². The van der Waals surface area contributed by atoms with E-state index in [-0.39, 0.29) is 16.7 Å². The SMILES string of the molecule is CCCCOC(=O)c1ccc2c(c1)C(=O)N(c1ccc(OCC)cc1)C2=O. The van der Waals surface area contributed by atoms with Crippen molar-refractivity contribution in [3.05, 3.63) is 59.2 Å². The minimum atomic E-state index is -0.494. The van der Waals surface area contributed by atoms with E-state index in [0.717, 1.165) is 17.7 Å². The van der Waals surface area contributed by atoms with Crippen molar-refractivity contribution in [3.8, 4) is 5.75 Å². The highest BCUT2D eigenvalue weighted by Crippen LogP contribution is 2.30. The van der Waals surface area contributed by atoms with Gasteiger partial charge in [0.25, 0.3) is 11.8 Å². The predicted molar refractivity (Wildman–Crippen MR) is 100 cm³/mol. The lowest BCUT2D eigenvalue weighted by Crippen LogP contribution is -2.29. The minimum Gasteiger partial charge on any atom is -0.494 e. The summed E-state index contributed by atoms with van der Waals surface area (Å²) in [5.41, 5.74) is 1.20. The van der Waals surface area contributed by atoms with Gasteiger partial charge in [0.1, 0.15) is 5.75 Å². The first-order valence-corrected chi connectivity index (χ1v) is 8.99. The van der Waals surface area contributed by atoms with Crippen LogP contribution in [0, 0.1) is 0 Å². The summed E-state index contributed by atoms with van der Waals surface area (Å²) < 4.78 is 10.6. The fraction of sp³-hybridized carbons (Fsp3) is 0.286. The van der Waals surface area contributed by atoms with E-state index in [1.54, 1.807) is 24.3 Å². The number of carbonyl (C=O) groups excluding carboxylic acids is 3. The summed E-state index contributed by atoms with van der Waals surface area (Å²) in [6, 6.07) is 11.2. The fourth-order valence-corrected chi connectivity index (χ4v) is 2.85. The van der Waals surface area contributed by atoms with E-state index in [2.05, 4.69) is 0 Å². The van der Waals surface area contributed by atoms with Crippen LogP contribution in [0.25, 0.3) is 0 Å². The number of fused-ring (bicyclic) bond motifs is 1. The zero-order chi connectivity index (χ0) is 19.4. The maximum Gasteiger partial charge on any atom is 0.338 e. The number of rotatable bonds is 7. The lowest BCUT2D eigenvalue weighted by atomic mass is 10.1. The molecule has 0 radical (unpaired) electrons. The molecule has 1 aliphatic heterocycles. The summed E-state index contributed by atoms with van der Waals surface area (Å²) in [6.07, 6.45) is 1.70. The van der Waals surface area contributed by atoms with Crippen molar-refractivity contribution in [1.82, 2.24) is 0 Å². The Balaban J connectivity index is 1.83. The number of unbranched alkanes of at least 4 members (excludes halogenated alkanes) is 1. The Morgan fingerprint density at radius 1 is 0.963 bits per heavy atom. The summed E-state index contributed by atoms with van der Waals surface area (Å²) in [7, 11) is 0. The predicted octanol–water partition coefficient (Wildman–Crippen LogP) is 3.84. The normalized spacial score (nSPS) is 12.9. The average Bonchev–Trinajstić information content (AvgIpc) is 2.93. The second-order valence-corrected chi connectivity index (χ2v) is 6.12. The number of imide groups is 1. The van der Waals surface area contributed by atoms with Gasteiger partial charge in [-0.25, -0.2) is 9.69 Å². The monoisotopic (exact) mass is 367 g/mol. The standard InChI is InChI=1S/C21H21NO5/c1-3-5-12-27-21(25)14-6-11-17-18(13-14)20(24)22(19(17)23)15-7-9-16(10-8-15)26-4-2/h6-11,13H,3-5,12H2,1-2H3. The van der Waals surface area contributed by atoms with Gasteiger partial charge in [0.2, 0.25) is 0 Å². The molecule has 0 aromatic heterocycles. The molecule has 140 valence electrons. The number of benzene rings is 2. The summed E-state index contributed by atoms with van der Waals surface area (Å²) in [6.45, 7) is 4.74. The van der Waals surface area contributed by atoms with Crippen molar-refractivity contribution in [2.45, 2.75) is 26.7 Å². The Labute approximate surface area is 157 Å². The Hall–Kier alpha value is -3.15. The van der Waals surface area contributed by atoms with Crippen molar-refractivity contribution >= 4 is 23.5 Å². The maximum absolute atomic E-state index is 12.8. The number of amides is 2. The lowest BCUT2D eigenvalue weighted by molar-refractivity contribution is 0.0499.